The summed E-state index contributed by atoms with van der Waals surface area (Å²) in [6.07, 6.45) is 3.87. The second-order valence-corrected chi connectivity index (χ2v) is 3.52. The third-order valence-corrected chi connectivity index (χ3v) is 2.26. The van der Waals surface area contributed by atoms with Gasteiger partial charge in [0.05, 0.1) is 13.3 Å². The monoisotopic (exact) mass is 196 g/mol. The number of ether oxygens (including phenoxy) is 1. The van der Waals surface area contributed by atoms with Gasteiger partial charge < -0.3 is 9.84 Å². The van der Waals surface area contributed by atoms with Crippen LogP contribution in [-0.2, 0) is 11.3 Å². The van der Waals surface area contributed by atoms with Crippen molar-refractivity contribution < 1.29 is 14.6 Å². The molecule has 2 rings (SSSR count). The number of hydrogen-bond acceptors (Lipinski definition) is 4. The summed E-state index contributed by atoms with van der Waals surface area (Å²) in [5.41, 5.74) is -0.00634. The smallest absolute Gasteiger partial charge is 0.362 e. The van der Waals surface area contributed by atoms with Crippen LogP contribution in [0.15, 0.2) is 6.20 Å². The van der Waals surface area contributed by atoms with Gasteiger partial charge in [-0.2, -0.15) is 5.10 Å². The Hall–Kier alpha value is -1.52. The summed E-state index contributed by atoms with van der Waals surface area (Å²) in [6.45, 7) is 0.768. The molecule has 0 aliphatic heterocycles. The first-order valence-electron chi connectivity index (χ1n) is 4.55. The zero-order valence-corrected chi connectivity index (χ0v) is 7.93. The second-order valence-electron chi connectivity index (χ2n) is 3.52. The van der Waals surface area contributed by atoms with E-state index in [1.54, 1.807) is 4.68 Å². The van der Waals surface area contributed by atoms with E-state index in [1.165, 1.54) is 26.1 Å². The van der Waals surface area contributed by atoms with Crippen LogP contribution in [-0.4, -0.2) is 28.0 Å². The van der Waals surface area contributed by atoms with Crippen molar-refractivity contribution in [2.24, 2.45) is 5.92 Å². The minimum absolute atomic E-state index is 0.00634. The quantitative estimate of drug-likeness (QED) is 0.726. The van der Waals surface area contributed by atoms with E-state index in [9.17, 15) is 9.90 Å². The van der Waals surface area contributed by atoms with Gasteiger partial charge in [0.2, 0.25) is 5.69 Å². The Bertz CT molecular complexity index is 355. The topological polar surface area (TPSA) is 64.3 Å². The van der Waals surface area contributed by atoms with Crippen LogP contribution in [0.4, 0.5) is 0 Å². The van der Waals surface area contributed by atoms with Crippen molar-refractivity contribution in [1.82, 2.24) is 9.78 Å². The summed E-state index contributed by atoms with van der Waals surface area (Å²) in [5, 5.41) is 13.3. The van der Waals surface area contributed by atoms with Crippen LogP contribution in [0, 0.1) is 5.92 Å². The van der Waals surface area contributed by atoms with Gasteiger partial charge in [-0.05, 0) is 18.8 Å². The average Bonchev–Trinajstić information content (AvgIpc) is 2.89. The molecule has 5 nitrogen and oxygen atoms in total. The Balaban J connectivity index is 2.15. The summed E-state index contributed by atoms with van der Waals surface area (Å²) in [6, 6.07) is 0. The number of aromatic nitrogens is 2. The van der Waals surface area contributed by atoms with Gasteiger partial charge in [-0.3, -0.25) is 4.68 Å². The average molecular weight is 196 g/mol. The molecular weight excluding hydrogens is 184 g/mol. The molecule has 0 radical (unpaired) electrons. The zero-order chi connectivity index (χ0) is 10.1. The van der Waals surface area contributed by atoms with E-state index in [-0.39, 0.29) is 11.4 Å². The fraction of sp³-hybridized carbons (Fsp3) is 0.556. The predicted octanol–water partition coefficient (Wildman–Crippen LogP) is 0.785. The molecule has 0 atom stereocenters. The number of carbonyl (C=O) groups excluding carboxylic acids is 1. The van der Waals surface area contributed by atoms with E-state index < -0.39 is 5.97 Å². The molecule has 1 heterocycles. The molecule has 0 saturated heterocycles. The lowest BCUT2D eigenvalue weighted by Crippen LogP contribution is -2.06. The Morgan fingerprint density at radius 1 is 1.79 bits per heavy atom. The van der Waals surface area contributed by atoms with Crippen molar-refractivity contribution in [3.05, 3.63) is 11.9 Å². The summed E-state index contributed by atoms with van der Waals surface area (Å²) >= 11 is 0. The molecule has 1 aliphatic carbocycles. The Morgan fingerprint density at radius 3 is 3.07 bits per heavy atom. The van der Waals surface area contributed by atoms with Gasteiger partial charge in [0, 0.05) is 6.54 Å². The number of rotatable bonds is 3. The first kappa shape index (κ1) is 9.05. The van der Waals surface area contributed by atoms with Crippen molar-refractivity contribution in [2.75, 3.05) is 7.11 Å². The van der Waals surface area contributed by atoms with Crippen LogP contribution in [0.1, 0.15) is 23.3 Å². The summed E-state index contributed by atoms with van der Waals surface area (Å²) < 4.78 is 6.07. The molecule has 0 bridgehead atoms. The maximum atomic E-state index is 11.1. The van der Waals surface area contributed by atoms with E-state index in [2.05, 4.69) is 9.84 Å². The van der Waals surface area contributed by atoms with Crippen molar-refractivity contribution in [3.63, 3.8) is 0 Å². The number of nitrogens with zero attached hydrogens (tertiary/aromatic N) is 2. The van der Waals surface area contributed by atoms with Crippen molar-refractivity contribution in [3.8, 4) is 5.75 Å². The molecule has 1 aromatic heterocycles. The minimum atomic E-state index is -0.600. The van der Waals surface area contributed by atoms with Crippen molar-refractivity contribution in [1.29, 1.82) is 0 Å². The second kappa shape index (κ2) is 3.32. The molecule has 1 fully saturated rings. The van der Waals surface area contributed by atoms with E-state index in [4.69, 9.17) is 0 Å². The highest BCUT2D eigenvalue weighted by molar-refractivity contribution is 5.89. The van der Waals surface area contributed by atoms with Gasteiger partial charge in [0.25, 0.3) is 0 Å². The lowest BCUT2D eigenvalue weighted by molar-refractivity contribution is 0.0589. The number of hydrogen-bond donors (Lipinski definition) is 1. The normalized spacial score (nSPS) is 15.5. The van der Waals surface area contributed by atoms with Gasteiger partial charge in [0.15, 0.2) is 5.75 Å². The van der Waals surface area contributed by atoms with E-state index in [0.717, 1.165) is 6.54 Å². The maximum Gasteiger partial charge on any atom is 0.362 e. The predicted molar refractivity (Wildman–Crippen MR) is 48.0 cm³/mol. The summed E-state index contributed by atoms with van der Waals surface area (Å²) in [7, 11) is 1.27. The SMILES string of the molecule is COC(=O)c1nn(CC2CC2)cc1O. The van der Waals surface area contributed by atoms with E-state index in [1.807, 2.05) is 0 Å². The fourth-order valence-corrected chi connectivity index (χ4v) is 1.31. The molecule has 0 amide bonds. The Kier molecular flexibility index (Phi) is 2.15. The van der Waals surface area contributed by atoms with Crippen molar-refractivity contribution in [2.45, 2.75) is 19.4 Å². The minimum Gasteiger partial charge on any atom is -0.504 e. The maximum absolute atomic E-state index is 11.1. The van der Waals surface area contributed by atoms with Crippen molar-refractivity contribution >= 4 is 5.97 Å². The van der Waals surface area contributed by atoms with E-state index in [0.29, 0.717) is 5.92 Å². The molecular formula is C9H12N2O3. The van der Waals surface area contributed by atoms with E-state index >= 15 is 0 Å². The highest BCUT2D eigenvalue weighted by atomic mass is 16.5. The first-order chi connectivity index (χ1) is 6.70. The van der Waals surface area contributed by atoms with Crippen LogP contribution in [0.2, 0.25) is 0 Å². The van der Waals surface area contributed by atoms with Crippen LogP contribution in [0.25, 0.3) is 0 Å². The zero-order valence-electron chi connectivity index (χ0n) is 7.93. The molecule has 1 N–H and O–H groups in total. The third kappa shape index (κ3) is 1.71. The Labute approximate surface area is 81.3 Å². The number of carbonyl (C=O) groups is 1. The standard InChI is InChI=1S/C9H12N2O3/c1-14-9(13)8-7(12)5-11(10-8)4-6-2-3-6/h5-6,12H,2-4H2,1H3. The number of aromatic hydroxyl groups is 1. The van der Waals surface area contributed by atoms with Gasteiger partial charge in [0.1, 0.15) is 0 Å². The molecule has 5 heteroatoms. The molecule has 0 unspecified atom stereocenters. The van der Waals surface area contributed by atoms with Gasteiger partial charge >= 0.3 is 5.97 Å². The highest BCUT2D eigenvalue weighted by Crippen LogP contribution is 2.31. The number of methoxy groups -OCH3 is 1. The fourth-order valence-electron chi connectivity index (χ4n) is 1.31. The van der Waals surface area contributed by atoms with Crippen LogP contribution < -0.4 is 0 Å². The lowest BCUT2D eigenvalue weighted by atomic mass is 10.4. The first-order valence-corrected chi connectivity index (χ1v) is 4.55. The molecule has 1 aliphatic rings. The van der Waals surface area contributed by atoms with Gasteiger partial charge in [-0.1, -0.05) is 0 Å². The summed E-state index contributed by atoms with van der Waals surface area (Å²) in [5.74, 6) is -0.0608. The Morgan fingerprint density at radius 2 is 2.50 bits per heavy atom. The molecule has 1 saturated carbocycles. The highest BCUT2D eigenvalue weighted by Gasteiger charge is 2.24. The third-order valence-electron chi connectivity index (χ3n) is 2.26. The molecule has 76 valence electrons. The summed E-state index contributed by atoms with van der Waals surface area (Å²) in [4.78, 5) is 11.1. The van der Waals surface area contributed by atoms with Gasteiger partial charge in [-0.15, -0.1) is 0 Å². The molecule has 1 aromatic rings. The largest absolute Gasteiger partial charge is 0.504 e. The van der Waals surface area contributed by atoms with Crippen LogP contribution >= 0.6 is 0 Å². The number of esters is 1. The van der Waals surface area contributed by atoms with Crippen LogP contribution in [0.5, 0.6) is 5.75 Å². The van der Waals surface area contributed by atoms with Crippen LogP contribution in [0.3, 0.4) is 0 Å². The lowest BCUT2D eigenvalue weighted by Gasteiger charge is -1.96. The van der Waals surface area contributed by atoms with Gasteiger partial charge in [-0.25, -0.2) is 4.79 Å². The molecule has 0 spiro atoms. The molecule has 14 heavy (non-hydrogen) atoms. The molecule has 0 aromatic carbocycles.